The van der Waals surface area contributed by atoms with Crippen LogP contribution in [-0.4, -0.2) is 34.2 Å². The molecule has 6 heteroatoms. The largest absolute Gasteiger partial charge is 0.493 e. The number of ether oxygens (including phenoxy) is 1. The second-order valence-corrected chi connectivity index (χ2v) is 7.50. The van der Waals surface area contributed by atoms with Crippen LogP contribution in [0.15, 0.2) is 67.0 Å². The summed E-state index contributed by atoms with van der Waals surface area (Å²) in [6.07, 6.45) is 2.37. The van der Waals surface area contributed by atoms with E-state index in [1.54, 1.807) is 18.2 Å². The highest BCUT2D eigenvalue weighted by Gasteiger charge is 2.13. The van der Waals surface area contributed by atoms with Crippen LogP contribution in [0.1, 0.15) is 28.4 Å². The molecule has 1 aromatic heterocycles. The first kappa shape index (κ1) is 21.3. The van der Waals surface area contributed by atoms with Crippen molar-refractivity contribution in [3.8, 4) is 17.0 Å². The molecule has 4 rings (SSSR count). The number of anilines is 1. The Morgan fingerprint density at radius 2 is 1.84 bits per heavy atom. The van der Waals surface area contributed by atoms with E-state index in [1.165, 1.54) is 28.2 Å². The topological polar surface area (TPSA) is 84.3 Å². The highest BCUT2D eigenvalue weighted by molar-refractivity contribution is 5.92. The number of hydrogen-bond donors (Lipinski definition) is 2. The van der Waals surface area contributed by atoms with Crippen LogP contribution in [0.25, 0.3) is 22.0 Å². The van der Waals surface area contributed by atoms with Gasteiger partial charge in [-0.05, 0) is 54.3 Å². The zero-order valence-corrected chi connectivity index (χ0v) is 18.1. The van der Waals surface area contributed by atoms with Gasteiger partial charge in [-0.15, -0.1) is 0 Å². The van der Waals surface area contributed by atoms with E-state index in [9.17, 15) is 9.90 Å². The molecule has 0 spiro atoms. The minimum absolute atomic E-state index is 0.133. The maximum Gasteiger partial charge on any atom is 0.339 e. The van der Waals surface area contributed by atoms with Gasteiger partial charge in [-0.1, -0.05) is 42.5 Å². The summed E-state index contributed by atoms with van der Waals surface area (Å²) in [5.74, 6) is 0.0252. The normalized spacial score (nSPS) is 10.8. The second-order valence-electron chi connectivity index (χ2n) is 7.50. The first-order valence-corrected chi connectivity index (χ1v) is 10.6. The minimum Gasteiger partial charge on any atom is -0.493 e. The van der Waals surface area contributed by atoms with Crippen LogP contribution in [0.5, 0.6) is 5.75 Å². The maximum atomic E-state index is 11.4. The van der Waals surface area contributed by atoms with Crippen molar-refractivity contribution in [1.82, 2.24) is 9.97 Å². The number of carbonyl (C=O) groups is 1. The zero-order valence-electron chi connectivity index (χ0n) is 18.1. The first-order chi connectivity index (χ1) is 15.6. The molecule has 0 aliphatic heterocycles. The number of aryl methyl sites for hydroxylation is 1. The smallest absolute Gasteiger partial charge is 0.339 e. The summed E-state index contributed by atoms with van der Waals surface area (Å²) in [5.41, 5.74) is 4.17. The van der Waals surface area contributed by atoms with Crippen molar-refractivity contribution in [3.05, 3.63) is 83.7 Å². The van der Waals surface area contributed by atoms with Crippen molar-refractivity contribution < 1.29 is 14.6 Å². The number of carboxylic acids is 1. The summed E-state index contributed by atoms with van der Waals surface area (Å²) in [5, 5.41) is 15.3. The van der Waals surface area contributed by atoms with Gasteiger partial charge in [-0.2, -0.15) is 0 Å². The fraction of sp³-hybridized carbons (Fsp3) is 0.192. The second kappa shape index (κ2) is 9.47. The van der Waals surface area contributed by atoms with E-state index >= 15 is 0 Å². The molecule has 0 aliphatic rings. The molecule has 0 radical (unpaired) electrons. The summed E-state index contributed by atoms with van der Waals surface area (Å²) in [6.45, 7) is 5.06. The summed E-state index contributed by atoms with van der Waals surface area (Å²) < 4.78 is 5.51. The summed E-state index contributed by atoms with van der Waals surface area (Å²) in [6, 6.07) is 19.7. The number of hydrogen-bond acceptors (Lipinski definition) is 5. The molecule has 0 saturated carbocycles. The third-order valence-corrected chi connectivity index (χ3v) is 5.41. The van der Waals surface area contributed by atoms with Crippen molar-refractivity contribution in [3.63, 3.8) is 0 Å². The Labute approximate surface area is 186 Å². The van der Waals surface area contributed by atoms with E-state index in [0.29, 0.717) is 23.9 Å². The SMILES string of the molecule is CCOc1cc(-c2cc(NCCc3cccc4c(C)cccc34)ncn2)ccc1C(=O)O. The average Bonchev–Trinajstić information content (AvgIpc) is 2.80. The number of aromatic carboxylic acids is 1. The van der Waals surface area contributed by atoms with E-state index in [2.05, 4.69) is 58.6 Å². The number of nitrogens with zero attached hydrogens (tertiary/aromatic N) is 2. The Bertz CT molecular complexity index is 1270. The van der Waals surface area contributed by atoms with Gasteiger partial charge >= 0.3 is 5.97 Å². The molecule has 0 bridgehead atoms. The lowest BCUT2D eigenvalue weighted by molar-refractivity contribution is 0.0692. The monoisotopic (exact) mass is 427 g/mol. The van der Waals surface area contributed by atoms with Crippen LogP contribution in [0.2, 0.25) is 0 Å². The number of carboxylic acid groups (broad SMARTS) is 1. The van der Waals surface area contributed by atoms with Gasteiger partial charge < -0.3 is 15.2 Å². The van der Waals surface area contributed by atoms with Gasteiger partial charge in [0.05, 0.1) is 12.3 Å². The van der Waals surface area contributed by atoms with Crippen molar-refractivity contribution in [2.75, 3.05) is 18.5 Å². The lowest BCUT2D eigenvalue weighted by Crippen LogP contribution is -2.07. The quantitative estimate of drug-likeness (QED) is 0.394. The molecule has 0 fully saturated rings. The fourth-order valence-corrected chi connectivity index (χ4v) is 3.82. The Balaban J connectivity index is 1.50. The average molecular weight is 428 g/mol. The predicted molar refractivity (Wildman–Crippen MR) is 126 cm³/mol. The van der Waals surface area contributed by atoms with Crippen LogP contribution in [0.3, 0.4) is 0 Å². The molecule has 6 nitrogen and oxygen atoms in total. The van der Waals surface area contributed by atoms with Gasteiger partial charge in [-0.25, -0.2) is 14.8 Å². The standard InChI is InChI=1S/C26H25N3O3/c1-3-32-24-14-19(10-11-22(24)26(30)31)23-15-25(29-16-28-23)27-13-12-18-7-5-8-20-17(2)6-4-9-21(18)20/h4-11,14-16H,3,12-13H2,1-2H3,(H,30,31)(H,27,28,29). The van der Waals surface area contributed by atoms with Crippen LogP contribution in [0.4, 0.5) is 5.82 Å². The third-order valence-electron chi connectivity index (χ3n) is 5.41. The lowest BCUT2D eigenvalue weighted by Gasteiger charge is -2.11. The van der Waals surface area contributed by atoms with E-state index in [1.807, 2.05) is 13.0 Å². The van der Waals surface area contributed by atoms with Gasteiger partial charge in [0.2, 0.25) is 0 Å². The molecular weight excluding hydrogens is 402 g/mol. The lowest BCUT2D eigenvalue weighted by atomic mass is 9.99. The summed E-state index contributed by atoms with van der Waals surface area (Å²) in [4.78, 5) is 20.1. The van der Waals surface area contributed by atoms with Crippen molar-refractivity contribution >= 4 is 22.6 Å². The van der Waals surface area contributed by atoms with Gasteiger partial charge in [-0.3, -0.25) is 0 Å². The van der Waals surface area contributed by atoms with Gasteiger partial charge in [0, 0.05) is 18.2 Å². The van der Waals surface area contributed by atoms with E-state index in [-0.39, 0.29) is 5.56 Å². The Hall–Kier alpha value is -3.93. The Kier molecular flexibility index (Phi) is 6.31. The first-order valence-electron chi connectivity index (χ1n) is 10.6. The number of fused-ring (bicyclic) bond motifs is 1. The van der Waals surface area contributed by atoms with Gasteiger partial charge in [0.15, 0.2) is 0 Å². The highest BCUT2D eigenvalue weighted by atomic mass is 16.5. The van der Waals surface area contributed by atoms with Gasteiger partial charge in [0.1, 0.15) is 23.5 Å². The molecule has 162 valence electrons. The van der Waals surface area contributed by atoms with E-state index in [0.717, 1.165) is 18.5 Å². The molecule has 0 atom stereocenters. The zero-order chi connectivity index (χ0) is 22.5. The number of benzene rings is 3. The molecule has 4 aromatic rings. The number of nitrogens with one attached hydrogen (secondary N) is 1. The Morgan fingerprint density at radius 3 is 2.66 bits per heavy atom. The third kappa shape index (κ3) is 4.54. The molecule has 3 aromatic carbocycles. The molecule has 0 saturated heterocycles. The van der Waals surface area contributed by atoms with Crippen LogP contribution in [-0.2, 0) is 6.42 Å². The van der Waals surface area contributed by atoms with Crippen LogP contribution in [0, 0.1) is 6.92 Å². The molecule has 0 aliphatic carbocycles. The predicted octanol–water partition coefficient (Wildman–Crippen LogP) is 5.36. The molecular formula is C26H25N3O3. The van der Waals surface area contributed by atoms with Crippen LogP contribution < -0.4 is 10.1 Å². The molecule has 2 N–H and O–H groups in total. The number of aromatic nitrogens is 2. The molecule has 1 heterocycles. The Morgan fingerprint density at radius 1 is 1.03 bits per heavy atom. The van der Waals surface area contributed by atoms with Crippen molar-refractivity contribution in [2.24, 2.45) is 0 Å². The van der Waals surface area contributed by atoms with Crippen LogP contribution >= 0.6 is 0 Å². The van der Waals surface area contributed by atoms with E-state index < -0.39 is 5.97 Å². The summed E-state index contributed by atoms with van der Waals surface area (Å²) >= 11 is 0. The number of rotatable bonds is 8. The van der Waals surface area contributed by atoms with Crippen molar-refractivity contribution in [1.29, 1.82) is 0 Å². The van der Waals surface area contributed by atoms with Gasteiger partial charge in [0.25, 0.3) is 0 Å². The fourth-order valence-electron chi connectivity index (χ4n) is 3.82. The maximum absolute atomic E-state index is 11.4. The van der Waals surface area contributed by atoms with E-state index in [4.69, 9.17) is 4.74 Å². The summed E-state index contributed by atoms with van der Waals surface area (Å²) in [7, 11) is 0. The molecule has 32 heavy (non-hydrogen) atoms. The molecule has 0 amide bonds. The minimum atomic E-state index is -1.02. The van der Waals surface area contributed by atoms with Crippen molar-refractivity contribution in [2.45, 2.75) is 20.3 Å². The molecule has 0 unspecified atom stereocenters. The highest BCUT2D eigenvalue weighted by Crippen LogP contribution is 2.27.